The van der Waals surface area contributed by atoms with Gasteiger partial charge in [-0.3, -0.25) is 0 Å². The van der Waals surface area contributed by atoms with Gasteiger partial charge in [0, 0.05) is 13.0 Å². The number of carbonyl (C=O) groups excluding carboxylic acids is 1. The van der Waals surface area contributed by atoms with Gasteiger partial charge in [-0.15, -0.1) is 0 Å². The number of hydrogen-bond donors (Lipinski definition) is 1. The van der Waals surface area contributed by atoms with Crippen LogP contribution < -0.4 is 5.32 Å². The Bertz CT molecular complexity index is 495. The molecule has 0 saturated carbocycles. The van der Waals surface area contributed by atoms with E-state index in [0.717, 1.165) is 12.8 Å². The summed E-state index contributed by atoms with van der Waals surface area (Å²) in [5.74, 6) is 0. The number of hydrogen-bond acceptors (Lipinski definition) is 14. The summed E-state index contributed by atoms with van der Waals surface area (Å²) < 4.78 is 64.9. The van der Waals surface area contributed by atoms with E-state index in [1.165, 1.54) is 0 Å². The fraction of sp³-hybridized carbons (Fsp3) is 0.964. The topological polar surface area (TPSA) is 140 Å². The van der Waals surface area contributed by atoms with Crippen LogP contribution >= 0.6 is 0 Å². The second-order valence-corrected chi connectivity index (χ2v) is 8.41. The second kappa shape index (κ2) is 40.1. The van der Waals surface area contributed by atoms with Crippen molar-refractivity contribution in [1.82, 2.24) is 5.32 Å². The summed E-state index contributed by atoms with van der Waals surface area (Å²) in [4.78, 5) is 10.1. The van der Waals surface area contributed by atoms with Crippen LogP contribution in [0.2, 0.25) is 0 Å². The monoisotopic (exact) mass is 615 g/mol. The predicted molar refractivity (Wildman–Crippen MR) is 154 cm³/mol. The third-order valence-electron chi connectivity index (χ3n) is 4.97. The minimum absolute atomic E-state index is 0.415. The lowest BCUT2D eigenvalue weighted by Gasteiger charge is -2.09. The molecular weight excluding hydrogens is 558 g/mol. The molecule has 252 valence electrons. The Morgan fingerprint density at radius 3 is 0.714 bits per heavy atom. The molecule has 0 aliphatic heterocycles. The van der Waals surface area contributed by atoms with E-state index < -0.39 is 0 Å². The first kappa shape index (κ1) is 41.1. The van der Waals surface area contributed by atoms with E-state index in [0.29, 0.717) is 165 Å². The molecule has 0 amide bonds. The zero-order valence-electron chi connectivity index (χ0n) is 25.8. The van der Waals surface area contributed by atoms with E-state index in [4.69, 9.17) is 56.8 Å². The standard InChI is InChI=1S/C28H57NO13/c1-29-3-6-32-8-10-34-12-14-36-16-18-38-20-22-40-24-26-42-28-27-41-25-23-39-21-19-37-17-15-35-13-11-33-9-7-31-5-2-4-30/h4,29H,2-3,5-28H2,1H3. The molecule has 42 heavy (non-hydrogen) atoms. The van der Waals surface area contributed by atoms with Crippen molar-refractivity contribution in [3.8, 4) is 0 Å². The van der Waals surface area contributed by atoms with Gasteiger partial charge >= 0.3 is 0 Å². The first-order valence-corrected chi connectivity index (χ1v) is 14.9. The molecular formula is C28H57NO13. The van der Waals surface area contributed by atoms with Crippen molar-refractivity contribution in [2.75, 3.05) is 172 Å². The van der Waals surface area contributed by atoms with E-state index in [1.807, 2.05) is 7.05 Å². The Morgan fingerprint density at radius 2 is 0.524 bits per heavy atom. The van der Waals surface area contributed by atoms with Crippen LogP contribution in [0.25, 0.3) is 0 Å². The summed E-state index contributed by atoms with van der Waals surface area (Å²) in [5, 5.41) is 3.02. The maximum absolute atomic E-state index is 10.1. The third kappa shape index (κ3) is 39.1. The molecule has 0 aromatic rings. The summed E-state index contributed by atoms with van der Waals surface area (Å²) in [5.41, 5.74) is 0. The van der Waals surface area contributed by atoms with Gasteiger partial charge in [-0.25, -0.2) is 0 Å². The molecule has 0 aliphatic carbocycles. The van der Waals surface area contributed by atoms with Gasteiger partial charge in [0.05, 0.1) is 159 Å². The fourth-order valence-electron chi connectivity index (χ4n) is 2.83. The van der Waals surface area contributed by atoms with Gasteiger partial charge in [-0.2, -0.15) is 0 Å². The largest absolute Gasteiger partial charge is 0.379 e. The number of carbonyl (C=O) groups is 1. The first-order chi connectivity index (χ1) is 20.9. The summed E-state index contributed by atoms with van der Waals surface area (Å²) in [6, 6.07) is 0. The number of rotatable bonds is 39. The van der Waals surface area contributed by atoms with Crippen molar-refractivity contribution in [1.29, 1.82) is 0 Å². The molecule has 0 aromatic heterocycles. The third-order valence-corrected chi connectivity index (χ3v) is 4.97. The lowest BCUT2D eigenvalue weighted by Crippen LogP contribution is -2.17. The molecule has 14 heteroatoms. The van der Waals surface area contributed by atoms with Crippen LogP contribution in [0.1, 0.15) is 6.42 Å². The highest BCUT2D eigenvalue weighted by molar-refractivity contribution is 5.49. The van der Waals surface area contributed by atoms with Gasteiger partial charge < -0.3 is 67.0 Å². The van der Waals surface area contributed by atoms with Crippen LogP contribution in [0.5, 0.6) is 0 Å². The predicted octanol–water partition coefficient (Wildman–Crippen LogP) is -0.00600. The molecule has 0 saturated heterocycles. The van der Waals surface area contributed by atoms with Crippen molar-refractivity contribution in [3.05, 3.63) is 0 Å². The number of likely N-dealkylation sites (N-methyl/N-ethyl adjacent to an activating group) is 1. The van der Waals surface area contributed by atoms with Gasteiger partial charge in [0.2, 0.25) is 0 Å². The van der Waals surface area contributed by atoms with E-state index in [1.54, 1.807) is 0 Å². The summed E-state index contributed by atoms with van der Waals surface area (Å²) in [7, 11) is 1.89. The van der Waals surface area contributed by atoms with Gasteiger partial charge in [-0.1, -0.05) is 0 Å². The van der Waals surface area contributed by atoms with Crippen LogP contribution in [0.15, 0.2) is 0 Å². The Balaban J connectivity index is 3.02. The van der Waals surface area contributed by atoms with Crippen molar-refractivity contribution >= 4 is 6.29 Å². The molecule has 0 bridgehead atoms. The second-order valence-electron chi connectivity index (χ2n) is 8.41. The molecule has 0 atom stereocenters. The maximum Gasteiger partial charge on any atom is 0.122 e. The molecule has 0 fully saturated rings. The normalized spacial score (nSPS) is 11.5. The SMILES string of the molecule is CNCCOCCOCCOCCOCCOCCOCCOCCOCCOCCOCCOCCOCCC=O. The highest BCUT2D eigenvalue weighted by Crippen LogP contribution is 1.87. The van der Waals surface area contributed by atoms with Crippen LogP contribution in [-0.2, 0) is 61.6 Å². The van der Waals surface area contributed by atoms with Gasteiger partial charge in [0.15, 0.2) is 0 Å². The number of nitrogens with one attached hydrogen (secondary N) is 1. The average Bonchev–Trinajstić information content (AvgIpc) is 3.00. The lowest BCUT2D eigenvalue weighted by molar-refractivity contribution is -0.109. The molecule has 0 radical (unpaired) electrons. The summed E-state index contributed by atoms with van der Waals surface area (Å²) >= 11 is 0. The molecule has 0 heterocycles. The molecule has 0 aromatic carbocycles. The van der Waals surface area contributed by atoms with Gasteiger partial charge in [0.25, 0.3) is 0 Å². The Kier molecular flexibility index (Phi) is 39.3. The molecule has 0 unspecified atom stereocenters. The smallest absolute Gasteiger partial charge is 0.122 e. The maximum atomic E-state index is 10.1. The Labute approximate surface area is 252 Å². The quantitative estimate of drug-likeness (QED) is 0.0732. The molecule has 1 N–H and O–H groups in total. The van der Waals surface area contributed by atoms with Crippen LogP contribution in [0.4, 0.5) is 0 Å². The summed E-state index contributed by atoms with van der Waals surface area (Å²) in [6.45, 7) is 13.3. The van der Waals surface area contributed by atoms with Crippen LogP contribution in [0, 0.1) is 0 Å². The lowest BCUT2D eigenvalue weighted by atomic mass is 10.5. The van der Waals surface area contributed by atoms with E-state index in [9.17, 15) is 4.79 Å². The van der Waals surface area contributed by atoms with Crippen molar-refractivity contribution in [2.24, 2.45) is 0 Å². The summed E-state index contributed by atoms with van der Waals surface area (Å²) in [6.07, 6.45) is 1.25. The zero-order chi connectivity index (χ0) is 30.3. The van der Waals surface area contributed by atoms with E-state index in [-0.39, 0.29) is 0 Å². The Hall–Kier alpha value is -0.850. The average molecular weight is 616 g/mol. The number of aldehydes is 1. The van der Waals surface area contributed by atoms with Crippen molar-refractivity contribution in [3.63, 3.8) is 0 Å². The highest BCUT2D eigenvalue weighted by Gasteiger charge is 1.96. The minimum atomic E-state index is 0.415. The van der Waals surface area contributed by atoms with E-state index >= 15 is 0 Å². The molecule has 0 rings (SSSR count). The van der Waals surface area contributed by atoms with E-state index in [2.05, 4.69) is 5.32 Å². The fourth-order valence-corrected chi connectivity index (χ4v) is 2.83. The zero-order valence-corrected chi connectivity index (χ0v) is 25.8. The minimum Gasteiger partial charge on any atom is -0.379 e. The first-order valence-electron chi connectivity index (χ1n) is 14.9. The molecule has 0 aliphatic rings. The van der Waals surface area contributed by atoms with Gasteiger partial charge in [-0.05, 0) is 7.05 Å². The molecule has 14 nitrogen and oxygen atoms in total. The van der Waals surface area contributed by atoms with Crippen molar-refractivity contribution in [2.45, 2.75) is 6.42 Å². The van der Waals surface area contributed by atoms with Crippen LogP contribution in [-0.4, -0.2) is 178 Å². The molecule has 0 spiro atoms. The van der Waals surface area contributed by atoms with Crippen LogP contribution in [0.3, 0.4) is 0 Å². The Morgan fingerprint density at radius 1 is 0.333 bits per heavy atom. The van der Waals surface area contributed by atoms with Gasteiger partial charge in [0.1, 0.15) is 6.29 Å². The van der Waals surface area contributed by atoms with Crippen molar-refractivity contribution < 1.29 is 61.6 Å². The highest BCUT2D eigenvalue weighted by atomic mass is 16.6. The number of ether oxygens (including phenoxy) is 12.